The second kappa shape index (κ2) is 4.95. The fourth-order valence-corrected chi connectivity index (χ4v) is 1.49. The zero-order valence-electron chi connectivity index (χ0n) is 9.11. The van der Waals surface area contributed by atoms with Crippen LogP contribution in [0, 0.1) is 5.82 Å². The molecule has 0 spiro atoms. The molecular weight excluding hydrogens is 245 g/mol. The molecular formula is C12H9F3N2O. The Kier molecular flexibility index (Phi) is 3.36. The topological polar surface area (TPSA) is 48.1 Å². The summed E-state index contributed by atoms with van der Waals surface area (Å²) in [5, 5.41) is 0. The van der Waals surface area contributed by atoms with Crippen LogP contribution >= 0.6 is 0 Å². The van der Waals surface area contributed by atoms with Crippen molar-refractivity contribution < 1.29 is 17.9 Å². The third-order valence-corrected chi connectivity index (χ3v) is 2.27. The number of nitrogens with zero attached hydrogens (tertiary/aromatic N) is 1. The van der Waals surface area contributed by atoms with E-state index in [1.165, 1.54) is 30.3 Å². The van der Waals surface area contributed by atoms with Gasteiger partial charge in [0.2, 0.25) is 0 Å². The number of halogens is 3. The van der Waals surface area contributed by atoms with E-state index in [1.54, 1.807) is 0 Å². The van der Waals surface area contributed by atoms with Crippen molar-refractivity contribution in [3.63, 3.8) is 0 Å². The van der Waals surface area contributed by atoms with Gasteiger partial charge in [0.25, 0.3) is 0 Å². The van der Waals surface area contributed by atoms with Gasteiger partial charge in [-0.2, -0.15) is 8.78 Å². The number of alkyl halides is 2. The van der Waals surface area contributed by atoms with Crippen molar-refractivity contribution in [3.05, 3.63) is 42.3 Å². The molecule has 0 aliphatic rings. The van der Waals surface area contributed by atoms with E-state index < -0.39 is 12.4 Å². The molecule has 0 radical (unpaired) electrons. The van der Waals surface area contributed by atoms with Gasteiger partial charge in [-0.05, 0) is 23.8 Å². The normalized spacial score (nSPS) is 10.7. The molecule has 0 bridgehead atoms. The number of hydrogen-bond donors (Lipinski definition) is 1. The van der Waals surface area contributed by atoms with Gasteiger partial charge in [-0.3, -0.25) is 0 Å². The van der Waals surface area contributed by atoms with Crippen molar-refractivity contribution in [2.24, 2.45) is 0 Å². The van der Waals surface area contributed by atoms with Gasteiger partial charge in [-0.1, -0.05) is 12.1 Å². The van der Waals surface area contributed by atoms with E-state index in [0.29, 0.717) is 5.56 Å². The van der Waals surface area contributed by atoms with Crippen LogP contribution in [0.1, 0.15) is 0 Å². The SMILES string of the molecule is Nc1cc(-c2ccc(OC(F)F)cc2)c(F)cn1. The third kappa shape index (κ3) is 2.71. The van der Waals surface area contributed by atoms with E-state index >= 15 is 0 Å². The Hall–Kier alpha value is -2.24. The van der Waals surface area contributed by atoms with Gasteiger partial charge in [-0.25, -0.2) is 9.37 Å². The van der Waals surface area contributed by atoms with Crippen LogP contribution in [0.25, 0.3) is 11.1 Å². The molecule has 2 aromatic rings. The molecule has 94 valence electrons. The van der Waals surface area contributed by atoms with Crippen molar-refractivity contribution in [2.75, 3.05) is 5.73 Å². The van der Waals surface area contributed by atoms with Crippen LogP contribution < -0.4 is 10.5 Å². The predicted octanol–water partition coefficient (Wildman–Crippen LogP) is 3.07. The van der Waals surface area contributed by atoms with Crippen molar-refractivity contribution in [1.29, 1.82) is 0 Å². The summed E-state index contributed by atoms with van der Waals surface area (Å²) in [7, 11) is 0. The molecule has 0 saturated carbocycles. The molecule has 0 atom stereocenters. The van der Waals surface area contributed by atoms with E-state index in [4.69, 9.17) is 5.73 Å². The number of nitrogens with two attached hydrogens (primary N) is 1. The first-order valence-corrected chi connectivity index (χ1v) is 5.02. The minimum atomic E-state index is -2.89. The first-order valence-electron chi connectivity index (χ1n) is 5.02. The molecule has 3 nitrogen and oxygen atoms in total. The number of anilines is 1. The highest BCUT2D eigenvalue weighted by Gasteiger charge is 2.08. The standard InChI is InChI=1S/C12H9F3N2O/c13-10-6-17-11(16)5-9(10)7-1-3-8(4-2-7)18-12(14)15/h1-6,12H,(H2,16,17). The maximum Gasteiger partial charge on any atom is 0.387 e. The van der Waals surface area contributed by atoms with E-state index in [1.807, 2.05) is 0 Å². The Morgan fingerprint density at radius 2 is 1.83 bits per heavy atom. The smallest absolute Gasteiger partial charge is 0.387 e. The fourth-order valence-electron chi connectivity index (χ4n) is 1.49. The minimum absolute atomic E-state index is 0.0104. The summed E-state index contributed by atoms with van der Waals surface area (Å²) in [6.45, 7) is -2.89. The van der Waals surface area contributed by atoms with Crippen LogP contribution in [-0.2, 0) is 0 Å². The molecule has 0 aliphatic carbocycles. The second-order valence-electron chi connectivity index (χ2n) is 3.49. The van der Waals surface area contributed by atoms with Crippen molar-refractivity contribution >= 4 is 5.82 Å². The minimum Gasteiger partial charge on any atom is -0.435 e. The quantitative estimate of drug-likeness (QED) is 0.915. The summed E-state index contributed by atoms with van der Waals surface area (Å²) >= 11 is 0. The molecule has 0 saturated heterocycles. The van der Waals surface area contributed by atoms with Crippen molar-refractivity contribution in [2.45, 2.75) is 6.61 Å². The first kappa shape index (κ1) is 12.2. The van der Waals surface area contributed by atoms with Gasteiger partial charge in [0, 0.05) is 5.56 Å². The molecule has 0 fully saturated rings. The van der Waals surface area contributed by atoms with Crippen LogP contribution in [0.15, 0.2) is 36.5 Å². The summed E-state index contributed by atoms with van der Waals surface area (Å²) in [6.07, 6.45) is 1.01. The maximum atomic E-state index is 13.5. The largest absolute Gasteiger partial charge is 0.435 e. The molecule has 1 heterocycles. The zero-order valence-corrected chi connectivity index (χ0v) is 9.11. The van der Waals surface area contributed by atoms with E-state index in [2.05, 4.69) is 9.72 Å². The van der Waals surface area contributed by atoms with Gasteiger partial charge >= 0.3 is 6.61 Å². The lowest BCUT2D eigenvalue weighted by molar-refractivity contribution is -0.0498. The van der Waals surface area contributed by atoms with Gasteiger partial charge < -0.3 is 10.5 Å². The van der Waals surface area contributed by atoms with Gasteiger partial charge in [0.05, 0.1) is 6.20 Å². The Morgan fingerprint density at radius 1 is 1.17 bits per heavy atom. The highest BCUT2D eigenvalue weighted by atomic mass is 19.3. The maximum absolute atomic E-state index is 13.5. The van der Waals surface area contributed by atoms with E-state index in [0.717, 1.165) is 6.20 Å². The number of aromatic nitrogens is 1. The molecule has 1 aromatic carbocycles. The zero-order chi connectivity index (χ0) is 13.1. The lowest BCUT2D eigenvalue weighted by Crippen LogP contribution is -2.01. The highest BCUT2D eigenvalue weighted by Crippen LogP contribution is 2.26. The third-order valence-electron chi connectivity index (χ3n) is 2.27. The second-order valence-corrected chi connectivity index (χ2v) is 3.49. The van der Waals surface area contributed by atoms with Crippen LogP contribution in [-0.4, -0.2) is 11.6 Å². The number of ether oxygens (including phenoxy) is 1. The predicted molar refractivity (Wildman–Crippen MR) is 60.7 cm³/mol. The van der Waals surface area contributed by atoms with Crippen molar-refractivity contribution in [1.82, 2.24) is 4.98 Å². The van der Waals surface area contributed by atoms with Crippen LogP contribution in [0.2, 0.25) is 0 Å². The Balaban J connectivity index is 2.31. The Labute approximate surface area is 101 Å². The molecule has 18 heavy (non-hydrogen) atoms. The lowest BCUT2D eigenvalue weighted by atomic mass is 10.1. The molecule has 1 aromatic heterocycles. The highest BCUT2D eigenvalue weighted by molar-refractivity contribution is 5.66. The number of rotatable bonds is 3. The Bertz CT molecular complexity index is 544. The molecule has 2 rings (SSSR count). The summed E-state index contributed by atoms with van der Waals surface area (Å²) in [5.41, 5.74) is 6.22. The average Bonchev–Trinajstić information content (AvgIpc) is 2.33. The van der Waals surface area contributed by atoms with Gasteiger partial charge in [0.1, 0.15) is 17.4 Å². The van der Waals surface area contributed by atoms with E-state index in [-0.39, 0.29) is 17.1 Å². The van der Waals surface area contributed by atoms with E-state index in [9.17, 15) is 13.2 Å². The average molecular weight is 254 g/mol. The first-order chi connectivity index (χ1) is 8.56. The van der Waals surface area contributed by atoms with Crippen LogP contribution in [0.3, 0.4) is 0 Å². The van der Waals surface area contributed by atoms with Crippen molar-refractivity contribution in [3.8, 4) is 16.9 Å². The molecule has 0 aliphatic heterocycles. The summed E-state index contributed by atoms with van der Waals surface area (Å²) in [6, 6.07) is 6.97. The fraction of sp³-hybridized carbons (Fsp3) is 0.0833. The number of hydrogen-bond acceptors (Lipinski definition) is 3. The number of pyridine rings is 1. The summed E-state index contributed by atoms with van der Waals surface area (Å²) < 4.78 is 41.6. The monoisotopic (exact) mass is 254 g/mol. The van der Waals surface area contributed by atoms with Gasteiger partial charge in [0.15, 0.2) is 0 Å². The molecule has 6 heteroatoms. The molecule has 2 N–H and O–H groups in total. The Morgan fingerprint density at radius 3 is 2.44 bits per heavy atom. The molecule has 0 unspecified atom stereocenters. The van der Waals surface area contributed by atoms with Gasteiger partial charge in [-0.15, -0.1) is 0 Å². The number of benzene rings is 1. The molecule has 0 amide bonds. The van der Waals surface area contributed by atoms with Crippen LogP contribution in [0.4, 0.5) is 19.0 Å². The lowest BCUT2D eigenvalue weighted by Gasteiger charge is -2.07. The summed E-state index contributed by atoms with van der Waals surface area (Å²) in [5.74, 6) is -0.345. The number of nitrogen functional groups attached to an aromatic ring is 1. The summed E-state index contributed by atoms with van der Waals surface area (Å²) in [4.78, 5) is 3.60. The van der Waals surface area contributed by atoms with Crippen LogP contribution in [0.5, 0.6) is 5.75 Å².